The summed E-state index contributed by atoms with van der Waals surface area (Å²) in [6, 6.07) is 0. The van der Waals surface area contributed by atoms with E-state index in [9.17, 15) is 0 Å². The lowest BCUT2D eigenvalue weighted by atomic mass is 10.5. The largest absolute Gasteiger partial charge is 0.374 e. The highest BCUT2D eigenvalue weighted by Gasteiger charge is 2.08. The molecule has 2 N–H and O–H groups in total. The van der Waals surface area contributed by atoms with Gasteiger partial charge in [0.1, 0.15) is 13.2 Å². The molecule has 0 bridgehead atoms. The normalized spacial score (nSPS) is 10.9. The third kappa shape index (κ3) is 3.08. The summed E-state index contributed by atoms with van der Waals surface area (Å²) in [4.78, 5) is 4.16. The Morgan fingerprint density at radius 2 is 2.41 bits per heavy atom. The quantitative estimate of drug-likeness (QED) is 0.736. The molecule has 17 heavy (non-hydrogen) atoms. The average Bonchev–Trinajstić information content (AvgIpc) is 2.96. The molecule has 0 amide bonds. The lowest BCUT2D eigenvalue weighted by Crippen LogP contribution is -2.01. The summed E-state index contributed by atoms with van der Waals surface area (Å²) in [5.74, 6) is 0.995. The van der Waals surface area contributed by atoms with E-state index in [1.165, 1.54) is 0 Å². The van der Waals surface area contributed by atoms with Crippen LogP contribution >= 0.6 is 0 Å². The second kappa shape index (κ2) is 5.51. The van der Waals surface area contributed by atoms with Crippen molar-refractivity contribution in [3.63, 3.8) is 0 Å². The zero-order chi connectivity index (χ0) is 12.1. The Balaban J connectivity index is 1.96. The molecule has 0 aromatic carbocycles. The van der Waals surface area contributed by atoms with Crippen molar-refractivity contribution in [2.75, 3.05) is 6.61 Å². The summed E-state index contributed by atoms with van der Waals surface area (Å²) < 4.78 is 11.8. The van der Waals surface area contributed by atoms with Crippen molar-refractivity contribution in [2.45, 2.75) is 26.6 Å². The van der Waals surface area contributed by atoms with E-state index in [2.05, 4.69) is 20.5 Å². The smallest absolute Gasteiger partial charge is 0.248 e. The van der Waals surface area contributed by atoms with Crippen LogP contribution < -0.4 is 5.73 Å². The van der Waals surface area contributed by atoms with Crippen molar-refractivity contribution in [1.29, 1.82) is 0 Å². The molecule has 0 spiro atoms. The van der Waals surface area contributed by atoms with Gasteiger partial charge in [-0.15, -0.1) is 5.10 Å². The minimum atomic E-state index is 0.353. The van der Waals surface area contributed by atoms with Gasteiger partial charge in [0.25, 0.3) is 0 Å². The number of ether oxygens (including phenoxy) is 1. The first-order valence-electron chi connectivity index (χ1n) is 5.30. The molecule has 0 aliphatic carbocycles. The van der Waals surface area contributed by atoms with E-state index in [0.717, 1.165) is 5.69 Å². The van der Waals surface area contributed by atoms with Crippen molar-refractivity contribution >= 4 is 0 Å². The highest BCUT2D eigenvalue weighted by Crippen LogP contribution is 2.02. The van der Waals surface area contributed by atoms with E-state index >= 15 is 0 Å². The summed E-state index contributed by atoms with van der Waals surface area (Å²) in [5.41, 5.74) is 6.15. The van der Waals surface area contributed by atoms with Gasteiger partial charge in [-0.2, -0.15) is 4.98 Å². The van der Waals surface area contributed by atoms with Crippen molar-refractivity contribution < 1.29 is 9.26 Å². The molecule has 8 nitrogen and oxygen atoms in total. The molecule has 2 heterocycles. The van der Waals surface area contributed by atoms with E-state index in [0.29, 0.717) is 38.0 Å². The lowest BCUT2D eigenvalue weighted by molar-refractivity contribution is 0.126. The number of aromatic nitrogens is 5. The van der Waals surface area contributed by atoms with Gasteiger partial charge in [-0.05, 0) is 6.92 Å². The second-order valence-corrected chi connectivity index (χ2v) is 3.35. The molecule has 0 atom stereocenters. The molecule has 8 heteroatoms. The maximum Gasteiger partial charge on any atom is 0.248 e. The van der Waals surface area contributed by atoms with Crippen molar-refractivity contribution in [3.05, 3.63) is 23.6 Å². The molecule has 0 fully saturated rings. The molecule has 0 radical (unpaired) electrons. The SMILES string of the molecule is CCOCc1noc(Cn2cc(CN)nn2)n1. The van der Waals surface area contributed by atoms with Gasteiger partial charge >= 0.3 is 0 Å². The first-order valence-corrected chi connectivity index (χ1v) is 5.30. The van der Waals surface area contributed by atoms with Crippen molar-refractivity contribution in [1.82, 2.24) is 25.1 Å². The van der Waals surface area contributed by atoms with Gasteiger partial charge in [0.15, 0.2) is 5.82 Å². The third-order valence-electron chi connectivity index (χ3n) is 2.04. The first kappa shape index (κ1) is 11.7. The molecule has 2 aromatic heterocycles. The molecular formula is C9H14N6O2. The fourth-order valence-corrected chi connectivity index (χ4v) is 1.25. The maximum absolute atomic E-state index is 5.43. The van der Waals surface area contributed by atoms with Crippen LogP contribution in [-0.4, -0.2) is 31.7 Å². The third-order valence-corrected chi connectivity index (χ3v) is 2.04. The fourth-order valence-electron chi connectivity index (χ4n) is 1.25. The van der Waals surface area contributed by atoms with Crippen LogP contribution in [0.1, 0.15) is 24.3 Å². The summed E-state index contributed by atoms with van der Waals surface area (Å²) >= 11 is 0. The Kier molecular flexibility index (Phi) is 3.78. The number of hydrogen-bond donors (Lipinski definition) is 1. The van der Waals surface area contributed by atoms with E-state index in [1.807, 2.05) is 6.92 Å². The van der Waals surface area contributed by atoms with Gasteiger partial charge in [0.2, 0.25) is 5.89 Å². The van der Waals surface area contributed by atoms with Crippen LogP contribution in [0.5, 0.6) is 0 Å². The maximum atomic E-state index is 5.43. The predicted octanol–water partition coefficient (Wildman–Crippen LogP) is -0.295. The van der Waals surface area contributed by atoms with Crippen molar-refractivity contribution in [2.24, 2.45) is 5.73 Å². The number of rotatable bonds is 6. The Morgan fingerprint density at radius 1 is 1.53 bits per heavy atom. The van der Waals surface area contributed by atoms with E-state index in [4.69, 9.17) is 15.0 Å². The van der Waals surface area contributed by atoms with Gasteiger partial charge < -0.3 is 15.0 Å². The van der Waals surface area contributed by atoms with Crippen LogP contribution in [0, 0.1) is 0 Å². The monoisotopic (exact) mass is 238 g/mol. The molecular weight excluding hydrogens is 224 g/mol. The Morgan fingerprint density at radius 3 is 3.12 bits per heavy atom. The molecule has 0 aliphatic heterocycles. The summed E-state index contributed by atoms with van der Waals surface area (Å²) in [6.07, 6.45) is 1.74. The van der Waals surface area contributed by atoms with Crippen LogP contribution in [0.3, 0.4) is 0 Å². The van der Waals surface area contributed by atoms with Crippen LogP contribution in [0.4, 0.5) is 0 Å². The zero-order valence-corrected chi connectivity index (χ0v) is 9.54. The van der Waals surface area contributed by atoms with Crippen LogP contribution in [0.25, 0.3) is 0 Å². The Bertz CT molecular complexity index is 466. The van der Waals surface area contributed by atoms with Gasteiger partial charge in [0, 0.05) is 13.2 Å². The van der Waals surface area contributed by atoms with Gasteiger partial charge in [-0.25, -0.2) is 4.68 Å². The molecule has 0 saturated heterocycles. The lowest BCUT2D eigenvalue weighted by Gasteiger charge is -1.93. The average molecular weight is 238 g/mol. The summed E-state index contributed by atoms with van der Waals surface area (Å²) in [7, 11) is 0. The first-order chi connectivity index (χ1) is 8.31. The molecule has 92 valence electrons. The van der Waals surface area contributed by atoms with Crippen molar-refractivity contribution in [3.8, 4) is 0 Å². The highest BCUT2D eigenvalue weighted by molar-refractivity contribution is 4.93. The summed E-state index contributed by atoms with van der Waals surface area (Å²) in [6.45, 7) is 3.62. The molecule has 0 unspecified atom stereocenters. The number of hydrogen-bond acceptors (Lipinski definition) is 7. The van der Waals surface area contributed by atoms with E-state index in [1.54, 1.807) is 10.9 Å². The van der Waals surface area contributed by atoms with E-state index in [-0.39, 0.29) is 0 Å². The number of nitrogens with two attached hydrogens (primary N) is 1. The minimum absolute atomic E-state index is 0.353. The molecule has 0 saturated carbocycles. The zero-order valence-electron chi connectivity index (χ0n) is 9.54. The topological polar surface area (TPSA) is 105 Å². The number of nitrogens with zero attached hydrogens (tertiary/aromatic N) is 5. The fraction of sp³-hybridized carbons (Fsp3) is 0.556. The van der Waals surface area contributed by atoms with Crippen LogP contribution in [-0.2, 0) is 24.4 Å². The van der Waals surface area contributed by atoms with Crippen LogP contribution in [0.2, 0.25) is 0 Å². The standard InChI is InChI=1S/C9H14N6O2/c1-2-16-6-8-11-9(17-13-8)5-15-4-7(3-10)12-14-15/h4H,2-3,5-6,10H2,1H3. The van der Waals surface area contributed by atoms with Gasteiger partial charge in [-0.3, -0.25) is 0 Å². The minimum Gasteiger partial charge on any atom is -0.374 e. The van der Waals surface area contributed by atoms with Gasteiger partial charge in [0.05, 0.1) is 11.9 Å². The van der Waals surface area contributed by atoms with Gasteiger partial charge in [-0.1, -0.05) is 10.4 Å². The molecule has 0 aliphatic rings. The predicted molar refractivity (Wildman–Crippen MR) is 56.6 cm³/mol. The second-order valence-electron chi connectivity index (χ2n) is 3.35. The molecule has 2 rings (SSSR count). The summed E-state index contributed by atoms with van der Waals surface area (Å²) in [5, 5.41) is 11.5. The highest BCUT2D eigenvalue weighted by atomic mass is 16.5. The van der Waals surface area contributed by atoms with Crippen LogP contribution in [0.15, 0.2) is 10.7 Å². The Hall–Kier alpha value is -1.80. The Labute approximate surface area is 97.7 Å². The molecule has 2 aromatic rings. The van der Waals surface area contributed by atoms with E-state index < -0.39 is 0 Å².